The summed E-state index contributed by atoms with van der Waals surface area (Å²) in [7, 11) is 1.89. The van der Waals surface area contributed by atoms with Crippen molar-refractivity contribution in [2.75, 3.05) is 33.2 Å². The number of carbonyl (C=O) groups is 3. The molecule has 38 heavy (non-hydrogen) atoms. The molecular weight excluding hydrogens is 478 g/mol. The Balaban J connectivity index is 3.68. The van der Waals surface area contributed by atoms with Crippen LogP contribution in [0.5, 0.6) is 0 Å². The molecule has 0 aromatic rings. The summed E-state index contributed by atoms with van der Waals surface area (Å²) in [6, 6.07) is 0. The van der Waals surface area contributed by atoms with Gasteiger partial charge in [-0.3, -0.25) is 9.59 Å². The zero-order chi connectivity index (χ0) is 28.1. The van der Waals surface area contributed by atoms with E-state index in [-0.39, 0.29) is 5.91 Å². The van der Waals surface area contributed by atoms with Crippen molar-refractivity contribution in [2.24, 2.45) is 0 Å². The number of nitrogens with zero attached hydrogens (tertiary/aromatic N) is 1. The molecule has 7 heteroatoms. The van der Waals surface area contributed by atoms with Gasteiger partial charge in [0.05, 0.1) is 0 Å². The van der Waals surface area contributed by atoms with E-state index in [9.17, 15) is 14.4 Å². The summed E-state index contributed by atoms with van der Waals surface area (Å²) in [5.41, 5.74) is 0. The lowest BCUT2D eigenvalue weighted by atomic mass is 10.2. The van der Waals surface area contributed by atoms with Crippen molar-refractivity contribution in [3.63, 3.8) is 0 Å². The van der Waals surface area contributed by atoms with E-state index in [2.05, 4.69) is 84.4 Å². The molecule has 0 spiro atoms. The minimum atomic E-state index is -1.16. The van der Waals surface area contributed by atoms with Crippen LogP contribution >= 0.6 is 0 Å². The second-order valence-electron chi connectivity index (χ2n) is 8.57. The number of hydrogen-bond acceptors (Lipinski definition) is 4. The predicted molar refractivity (Wildman–Crippen MR) is 158 cm³/mol. The normalized spacial score (nSPS) is 12.6. The van der Waals surface area contributed by atoms with Crippen LogP contribution < -0.4 is 10.6 Å². The van der Waals surface area contributed by atoms with Crippen LogP contribution in [0.3, 0.4) is 0 Å². The first-order valence-electron chi connectivity index (χ1n) is 13.5. The van der Waals surface area contributed by atoms with E-state index in [0.29, 0.717) is 39.0 Å². The van der Waals surface area contributed by atoms with Crippen molar-refractivity contribution in [1.82, 2.24) is 15.5 Å². The SMILES string of the molecule is CCC=CCC=CCC=CCC=CCC=CCC=CCCC(=O)NCCN(C)CCNC(=O)C=CC(=O)O. The van der Waals surface area contributed by atoms with Crippen molar-refractivity contribution >= 4 is 17.8 Å². The van der Waals surface area contributed by atoms with Gasteiger partial charge in [0.2, 0.25) is 11.8 Å². The molecule has 0 unspecified atom stereocenters. The second-order valence-corrected chi connectivity index (χ2v) is 8.57. The molecule has 210 valence electrons. The molecule has 0 aromatic carbocycles. The minimum absolute atomic E-state index is 0.0186. The van der Waals surface area contributed by atoms with E-state index >= 15 is 0 Å². The smallest absolute Gasteiger partial charge is 0.328 e. The van der Waals surface area contributed by atoms with Gasteiger partial charge in [-0.25, -0.2) is 4.79 Å². The topological polar surface area (TPSA) is 98.7 Å². The summed E-state index contributed by atoms with van der Waals surface area (Å²) in [6.45, 7) is 4.33. The maximum absolute atomic E-state index is 11.9. The van der Waals surface area contributed by atoms with Crippen LogP contribution in [0.15, 0.2) is 85.1 Å². The fourth-order valence-electron chi connectivity index (χ4n) is 3.02. The molecule has 0 fully saturated rings. The Morgan fingerprint density at radius 2 is 1.11 bits per heavy atom. The Morgan fingerprint density at radius 3 is 1.58 bits per heavy atom. The average molecular weight is 526 g/mol. The van der Waals surface area contributed by atoms with Crippen molar-refractivity contribution in [3.05, 3.63) is 85.1 Å². The number of carbonyl (C=O) groups excluding carboxylic acids is 2. The molecule has 0 radical (unpaired) electrons. The quantitative estimate of drug-likeness (QED) is 0.132. The Kier molecular flexibility index (Phi) is 24.2. The van der Waals surface area contributed by atoms with Crippen LogP contribution in [0, 0.1) is 0 Å². The van der Waals surface area contributed by atoms with Gasteiger partial charge >= 0.3 is 5.97 Å². The minimum Gasteiger partial charge on any atom is -0.478 e. The second kappa shape index (κ2) is 26.6. The van der Waals surface area contributed by atoms with Gasteiger partial charge in [0.25, 0.3) is 0 Å². The zero-order valence-corrected chi connectivity index (χ0v) is 23.2. The lowest BCUT2D eigenvalue weighted by molar-refractivity contribution is -0.131. The molecule has 0 saturated carbocycles. The third kappa shape index (κ3) is 27.1. The van der Waals surface area contributed by atoms with Gasteiger partial charge < -0.3 is 20.6 Å². The number of nitrogens with one attached hydrogen (secondary N) is 2. The number of carboxylic acid groups (broad SMARTS) is 1. The first-order chi connectivity index (χ1) is 18.5. The van der Waals surface area contributed by atoms with Gasteiger partial charge in [-0.2, -0.15) is 0 Å². The van der Waals surface area contributed by atoms with Crippen molar-refractivity contribution in [2.45, 2.75) is 58.3 Å². The zero-order valence-electron chi connectivity index (χ0n) is 23.2. The highest BCUT2D eigenvalue weighted by atomic mass is 16.4. The van der Waals surface area contributed by atoms with Crippen LogP contribution in [-0.2, 0) is 14.4 Å². The van der Waals surface area contributed by atoms with E-state index in [1.54, 1.807) is 0 Å². The fourth-order valence-corrected chi connectivity index (χ4v) is 3.02. The first kappa shape index (κ1) is 34.6. The van der Waals surface area contributed by atoms with Crippen molar-refractivity contribution in [3.8, 4) is 0 Å². The lowest BCUT2D eigenvalue weighted by Gasteiger charge is -2.16. The summed E-state index contributed by atoms with van der Waals surface area (Å²) in [5.74, 6) is -1.58. The molecule has 0 aliphatic heterocycles. The average Bonchev–Trinajstić information content (AvgIpc) is 2.88. The lowest BCUT2D eigenvalue weighted by Crippen LogP contribution is -2.37. The number of likely N-dealkylation sites (N-methyl/N-ethyl adjacent to an activating group) is 1. The number of allylic oxidation sites excluding steroid dienone is 12. The maximum atomic E-state index is 11.9. The molecule has 0 aliphatic rings. The van der Waals surface area contributed by atoms with E-state index in [4.69, 9.17) is 5.11 Å². The van der Waals surface area contributed by atoms with E-state index in [0.717, 1.165) is 50.7 Å². The fraction of sp³-hybridized carbons (Fsp3) is 0.452. The maximum Gasteiger partial charge on any atom is 0.328 e. The van der Waals surface area contributed by atoms with E-state index in [1.807, 2.05) is 18.0 Å². The molecule has 0 saturated heterocycles. The number of aliphatic carboxylic acids is 1. The highest BCUT2D eigenvalue weighted by molar-refractivity contribution is 5.93. The van der Waals surface area contributed by atoms with Gasteiger partial charge in [0.1, 0.15) is 0 Å². The molecule has 0 aliphatic carbocycles. The van der Waals surface area contributed by atoms with Crippen LogP contribution in [-0.4, -0.2) is 61.0 Å². The summed E-state index contributed by atoms with van der Waals surface area (Å²) in [6.07, 6.45) is 34.7. The van der Waals surface area contributed by atoms with Crippen LogP contribution in [0.25, 0.3) is 0 Å². The third-order valence-corrected chi connectivity index (χ3v) is 5.12. The Labute approximate surface area is 229 Å². The van der Waals surface area contributed by atoms with Crippen LogP contribution in [0.2, 0.25) is 0 Å². The van der Waals surface area contributed by atoms with Gasteiger partial charge in [-0.1, -0.05) is 79.8 Å². The molecule has 0 aromatic heterocycles. The molecule has 0 atom stereocenters. The summed E-state index contributed by atoms with van der Waals surface area (Å²) >= 11 is 0. The first-order valence-corrected chi connectivity index (χ1v) is 13.5. The molecule has 7 nitrogen and oxygen atoms in total. The third-order valence-electron chi connectivity index (χ3n) is 5.12. The van der Waals surface area contributed by atoms with E-state index in [1.165, 1.54) is 0 Å². The molecule has 0 heterocycles. The van der Waals surface area contributed by atoms with Gasteiger partial charge in [-0.15, -0.1) is 0 Å². The number of hydrogen-bond donors (Lipinski definition) is 3. The predicted octanol–water partition coefficient (Wildman–Crippen LogP) is 5.27. The number of rotatable bonds is 22. The standard InChI is InChI=1S/C31H47N3O4/c1-3-4-5-6-7-8-9-10-11-12-13-14-15-16-17-18-19-20-21-22-29(35)32-25-27-34(2)28-26-33-30(36)23-24-31(37)38/h4-5,7-8,10-11,13-14,16-17,19-20,23-24H,3,6,9,12,15,18,21-22,25-28H2,1-2H3,(H,32,35)(H,33,36)(H,37,38). The van der Waals surface area contributed by atoms with Crippen molar-refractivity contribution < 1.29 is 19.5 Å². The molecule has 0 rings (SSSR count). The largest absolute Gasteiger partial charge is 0.478 e. The van der Waals surface area contributed by atoms with E-state index < -0.39 is 11.9 Å². The molecule has 2 amide bonds. The Morgan fingerprint density at radius 1 is 0.658 bits per heavy atom. The molecule has 3 N–H and O–H groups in total. The number of amides is 2. The van der Waals surface area contributed by atoms with Gasteiger partial charge in [0.15, 0.2) is 0 Å². The molecule has 0 bridgehead atoms. The monoisotopic (exact) mass is 525 g/mol. The number of carboxylic acids is 1. The van der Waals surface area contributed by atoms with Crippen LogP contribution in [0.4, 0.5) is 0 Å². The summed E-state index contributed by atoms with van der Waals surface area (Å²) in [5, 5.41) is 14.0. The summed E-state index contributed by atoms with van der Waals surface area (Å²) in [4.78, 5) is 35.7. The van der Waals surface area contributed by atoms with Crippen molar-refractivity contribution in [1.29, 1.82) is 0 Å². The Hall–Kier alpha value is -3.45. The summed E-state index contributed by atoms with van der Waals surface area (Å²) < 4.78 is 0. The Bertz CT molecular complexity index is 851. The van der Waals surface area contributed by atoms with Gasteiger partial charge in [-0.05, 0) is 52.0 Å². The molecular formula is C31H47N3O4. The van der Waals surface area contributed by atoms with Crippen LogP contribution in [0.1, 0.15) is 58.3 Å². The highest BCUT2D eigenvalue weighted by Gasteiger charge is 2.02. The van der Waals surface area contributed by atoms with Gasteiger partial charge in [0, 0.05) is 44.8 Å². The highest BCUT2D eigenvalue weighted by Crippen LogP contribution is 1.98.